The van der Waals surface area contributed by atoms with Gasteiger partial charge < -0.3 is 9.47 Å². The van der Waals surface area contributed by atoms with Crippen molar-refractivity contribution in [2.24, 2.45) is 35.5 Å². The monoisotopic (exact) mass is 520 g/mol. The van der Waals surface area contributed by atoms with Gasteiger partial charge in [-0.25, -0.2) is 4.39 Å². The van der Waals surface area contributed by atoms with Crippen LogP contribution in [0.25, 0.3) is 0 Å². The van der Waals surface area contributed by atoms with Gasteiger partial charge in [0.25, 0.3) is 0 Å². The van der Waals surface area contributed by atoms with Crippen LogP contribution in [0, 0.1) is 41.3 Å². The van der Waals surface area contributed by atoms with E-state index in [2.05, 4.69) is 23.8 Å². The highest BCUT2D eigenvalue weighted by Gasteiger charge is 2.28. The van der Waals surface area contributed by atoms with E-state index in [4.69, 9.17) is 4.74 Å². The van der Waals surface area contributed by atoms with E-state index in [1.54, 1.807) is 0 Å². The van der Waals surface area contributed by atoms with Gasteiger partial charge in [-0.3, -0.25) is 4.79 Å². The molecule has 0 unspecified atom stereocenters. The maximum absolute atomic E-state index is 13.9. The number of allylic oxidation sites excluding steroid dienone is 2. The molecule has 1 aromatic rings. The van der Waals surface area contributed by atoms with Gasteiger partial charge in [-0.15, -0.1) is 0 Å². The first kappa shape index (κ1) is 28.0. The molecule has 1 aromatic carbocycles. The van der Waals surface area contributed by atoms with E-state index in [0.717, 1.165) is 55.6 Å². The van der Waals surface area contributed by atoms with Gasteiger partial charge in [0.15, 0.2) is 11.6 Å². The highest BCUT2D eigenvalue weighted by atomic mass is 19.3. The standard InChI is InChI=1S/C31H43F3O3/c1-21-2-4-22(5-3-21)6-7-23-8-10-24(11-9-23)12-13-25-14-16-26(17-15-25)30(35)36-27-18-19-29(28(32)20-27)37-31(33)34/h12-13,18-26,31H,2-11,14-17H2,1H3/b13-12+. The number of hydrogen-bond donors (Lipinski definition) is 0. The van der Waals surface area contributed by atoms with Crippen molar-refractivity contribution in [1.29, 1.82) is 0 Å². The average molecular weight is 521 g/mol. The number of carbonyl (C=O) groups is 1. The molecule has 0 spiro atoms. The fourth-order valence-corrected chi connectivity index (χ4v) is 6.56. The van der Waals surface area contributed by atoms with Gasteiger partial charge in [-0.2, -0.15) is 8.78 Å². The third-order valence-electron chi connectivity index (χ3n) is 9.11. The summed E-state index contributed by atoms with van der Waals surface area (Å²) in [6.07, 6.45) is 22.2. The molecule has 0 atom stereocenters. The number of alkyl halides is 2. The van der Waals surface area contributed by atoms with Crippen LogP contribution in [-0.2, 0) is 4.79 Å². The van der Waals surface area contributed by atoms with Gasteiger partial charge in [0.05, 0.1) is 5.92 Å². The molecule has 0 N–H and O–H groups in total. The minimum atomic E-state index is -3.11. The van der Waals surface area contributed by atoms with Gasteiger partial charge in [-0.05, 0) is 93.1 Å². The lowest BCUT2D eigenvalue weighted by molar-refractivity contribution is -0.140. The molecule has 0 amide bonds. The third-order valence-corrected chi connectivity index (χ3v) is 9.11. The highest BCUT2D eigenvalue weighted by Crippen LogP contribution is 2.38. The number of benzene rings is 1. The van der Waals surface area contributed by atoms with Gasteiger partial charge >= 0.3 is 12.6 Å². The van der Waals surface area contributed by atoms with Crippen LogP contribution in [0.2, 0.25) is 0 Å². The topological polar surface area (TPSA) is 35.5 Å². The molecule has 0 aliphatic heterocycles. The van der Waals surface area contributed by atoms with Crippen molar-refractivity contribution in [2.75, 3.05) is 0 Å². The van der Waals surface area contributed by atoms with Crippen LogP contribution in [0.5, 0.6) is 11.5 Å². The van der Waals surface area contributed by atoms with Crippen molar-refractivity contribution < 1.29 is 27.4 Å². The summed E-state index contributed by atoms with van der Waals surface area (Å²) in [5.41, 5.74) is 0. The van der Waals surface area contributed by atoms with E-state index < -0.39 is 18.2 Å². The van der Waals surface area contributed by atoms with Crippen LogP contribution in [0.4, 0.5) is 13.2 Å². The zero-order valence-electron chi connectivity index (χ0n) is 22.2. The molecule has 0 radical (unpaired) electrons. The predicted octanol–water partition coefficient (Wildman–Crippen LogP) is 9.11. The minimum Gasteiger partial charge on any atom is -0.432 e. The van der Waals surface area contributed by atoms with Crippen molar-refractivity contribution in [3.63, 3.8) is 0 Å². The average Bonchev–Trinajstić information content (AvgIpc) is 2.89. The van der Waals surface area contributed by atoms with Crippen molar-refractivity contribution in [3.05, 3.63) is 36.2 Å². The lowest BCUT2D eigenvalue weighted by Gasteiger charge is -2.31. The van der Waals surface area contributed by atoms with E-state index in [-0.39, 0.29) is 17.6 Å². The SMILES string of the molecule is CC1CCC(CCC2CCC(/C=C/C3CCC(C(=O)Oc4ccc(OC(F)F)c(F)c4)CC3)CC2)CC1. The Hall–Kier alpha value is -1.98. The van der Waals surface area contributed by atoms with E-state index >= 15 is 0 Å². The van der Waals surface area contributed by atoms with E-state index in [0.29, 0.717) is 11.8 Å². The van der Waals surface area contributed by atoms with Crippen molar-refractivity contribution >= 4 is 5.97 Å². The Morgan fingerprint density at radius 2 is 1.41 bits per heavy atom. The number of hydrogen-bond acceptors (Lipinski definition) is 3. The van der Waals surface area contributed by atoms with Crippen molar-refractivity contribution in [2.45, 2.75) is 103 Å². The Balaban J connectivity index is 1.12. The van der Waals surface area contributed by atoms with Gasteiger partial charge in [0, 0.05) is 6.07 Å². The smallest absolute Gasteiger partial charge is 0.387 e. The fourth-order valence-electron chi connectivity index (χ4n) is 6.56. The number of ether oxygens (including phenoxy) is 2. The predicted molar refractivity (Wildman–Crippen MR) is 139 cm³/mol. The van der Waals surface area contributed by atoms with Gasteiger partial charge in [0.2, 0.25) is 0 Å². The minimum absolute atomic E-state index is 0.00933. The second kappa shape index (κ2) is 13.7. The van der Waals surface area contributed by atoms with Crippen LogP contribution in [-0.4, -0.2) is 12.6 Å². The summed E-state index contributed by atoms with van der Waals surface area (Å²) in [6, 6.07) is 3.24. The summed E-state index contributed by atoms with van der Waals surface area (Å²) in [5, 5.41) is 0. The van der Waals surface area contributed by atoms with Crippen LogP contribution >= 0.6 is 0 Å². The number of carbonyl (C=O) groups excluding carboxylic acids is 1. The molecule has 206 valence electrons. The number of esters is 1. The van der Waals surface area contributed by atoms with Crippen LogP contribution in [0.15, 0.2) is 30.4 Å². The van der Waals surface area contributed by atoms with E-state index in [9.17, 15) is 18.0 Å². The largest absolute Gasteiger partial charge is 0.432 e. The molecule has 0 aromatic heterocycles. The molecule has 3 nitrogen and oxygen atoms in total. The Kier molecular flexibility index (Phi) is 10.4. The Bertz CT molecular complexity index is 878. The summed E-state index contributed by atoms with van der Waals surface area (Å²) in [7, 11) is 0. The first-order valence-electron chi connectivity index (χ1n) is 14.5. The van der Waals surface area contributed by atoms with E-state index in [1.807, 2.05) is 0 Å². The molecule has 37 heavy (non-hydrogen) atoms. The second-order valence-electron chi connectivity index (χ2n) is 11.9. The van der Waals surface area contributed by atoms with E-state index in [1.165, 1.54) is 70.3 Å². The van der Waals surface area contributed by atoms with Gasteiger partial charge in [-0.1, -0.05) is 57.6 Å². The molecule has 0 heterocycles. The molecule has 3 aliphatic rings. The first-order valence-corrected chi connectivity index (χ1v) is 14.5. The first-order chi connectivity index (χ1) is 17.9. The summed E-state index contributed by atoms with van der Waals surface area (Å²) in [5.74, 6) is 1.91. The lowest BCUT2D eigenvalue weighted by Crippen LogP contribution is -2.25. The lowest BCUT2D eigenvalue weighted by atomic mass is 9.75. The summed E-state index contributed by atoms with van der Waals surface area (Å²) in [4.78, 5) is 12.5. The van der Waals surface area contributed by atoms with Crippen molar-refractivity contribution in [1.82, 2.24) is 0 Å². The zero-order chi connectivity index (χ0) is 26.2. The maximum atomic E-state index is 13.9. The second-order valence-corrected chi connectivity index (χ2v) is 11.9. The molecule has 4 rings (SSSR count). The van der Waals surface area contributed by atoms with Crippen LogP contribution in [0.3, 0.4) is 0 Å². The zero-order valence-corrected chi connectivity index (χ0v) is 22.2. The molecular weight excluding hydrogens is 477 g/mol. The van der Waals surface area contributed by atoms with Gasteiger partial charge in [0.1, 0.15) is 5.75 Å². The summed E-state index contributed by atoms with van der Waals surface area (Å²) in [6.45, 7) is -0.711. The van der Waals surface area contributed by atoms with Crippen LogP contribution in [0.1, 0.15) is 96.8 Å². The number of rotatable bonds is 9. The summed E-state index contributed by atoms with van der Waals surface area (Å²) >= 11 is 0. The fraction of sp³-hybridized carbons (Fsp3) is 0.710. The Morgan fingerprint density at radius 3 is 1.95 bits per heavy atom. The van der Waals surface area contributed by atoms with Crippen LogP contribution < -0.4 is 9.47 Å². The maximum Gasteiger partial charge on any atom is 0.387 e. The number of halogens is 3. The highest BCUT2D eigenvalue weighted by molar-refractivity contribution is 5.75. The molecular formula is C31H43F3O3. The molecule has 3 aliphatic carbocycles. The third kappa shape index (κ3) is 8.78. The molecule has 6 heteroatoms. The molecule has 0 saturated heterocycles. The Labute approximate surface area is 220 Å². The molecule has 0 bridgehead atoms. The quantitative estimate of drug-likeness (QED) is 0.185. The van der Waals surface area contributed by atoms with Crippen molar-refractivity contribution in [3.8, 4) is 11.5 Å². The Morgan fingerprint density at radius 1 is 0.865 bits per heavy atom. The normalized spacial score (nSPS) is 30.9. The molecule has 3 fully saturated rings. The molecule has 3 saturated carbocycles. The summed E-state index contributed by atoms with van der Waals surface area (Å²) < 4.78 is 47.8.